The SMILES string of the molecule is CNC(=O)c1cc(Oc2ccc3c(ccn3C(=O)Nc3cccc(C(F)(F)F)c3)c2)ccn1. The first kappa shape index (κ1) is 21.9. The molecule has 2 N–H and O–H groups in total. The molecule has 0 aliphatic heterocycles. The minimum absolute atomic E-state index is 0.0289. The van der Waals surface area contributed by atoms with Crippen molar-refractivity contribution in [2.75, 3.05) is 12.4 Å². The van der Waals surface area contributed by atoms with Gasteiger partial charge in [0.15, 0.2) is 0 Å². The molecule has 0 atom stereocenters. The fourth-order valence-electron chi connectivity index (χ4n) is 3.18. The lowest BCUT2D eigenvalue weighted by molar-refractivity contribution is -0.137. The van der Waals surface area contributed by atoms with E-state index in [1.54, 1.807) is 30.3 Å². The maximum absolute atomic E-state index is 12.9. The van der Waals surface area contributed by atoms with Gasteiger partial charge in [-0.1, -0.05) is 6.07 Å². The zero-order valence-electron chi connectivity index (χ0n) is 17.2. The Kier molecular flexibility index (Phi) is 5.74. The lowest BCUT2D eigenvalue weighted by Gasteiger charge is -2.11. The molecule has 0 spiro atoms. The Hall–Kier alpha value is -4.34. The highest BCUT2D eigenvalue weighted by atomic mass is 19.4. The Bertz CT molecular complexity index is 1350. The molecular weight excluding hydrogens is 437 g/mol. The number of ether oxygens (including phenoxy) is 1. The molecule has 2 heterocycles. The van der Waals surface area contributed by atoms with Crippen molar-refractivity contribution in [3.63, 3.8) is 0 Å². The molecule has 0 radical (unpaired) electrons. The van der Waals surface area contributed by atoms with E-state index in [0.29, 0.717) is 22.4 Å². The number of aromatic nitrogens is 2. The number of halogens is 3. The second kappa shape index (κ2) is 8.65. The summed E-state index contributed by atoms with van der Waals surface area (Å²) in [7, 11) is 1.50. The number of carbonyl (C=O) groups is 2. The lowest BCUT2D eigenvalue weighted by atomic mass is 10.2. The number of nitrogens with one attached hydrogen (secondary N) is 2. The van der Waals surface area contributed by atoms with Gasteiger partial charge in [-0.3, -0.25) is 14.3 Å². The Morgan fingerprint density at radius 3 is 2.55 bits per heavy atom. The van der Waals surface area contributed by atoms with E-state index in [9.17, 15) is 22.8 Å². The minimum Gasteiger partial charge on any atom is -0.457 e. The van der Waals surface area contributed by atoms with Gasteiger partial charge >= 0.3 is 12.2 Å². The molecule has 2 aromatic carbocycles. The number of amides is 2. The topological polar surface area (TPSA) is 85.2 Å². The first-order valence-corrected chi connectivity index (χ1v) is 9.70. The predicted octanol–water partition coefficient (Wildman–Crippen LogP) is 5.29. The van der Waals surface area contributed by atoms with Gasteiger partial charge in [-0.15, -0.1) is 0 Å². The third-order valence-corrected chi connectivity index (χ3v) is 4.75. The second-order valence-electron chi connectivity index (χ2n) is 6.97. The quantitative estimate of drug-likeness (QED) is 0.439. The van der Waals surface area contributed by atoms with E-state index in [1.807, 2.05) is 0 Å². The van der Waals surface area contributed by atoms with Crippen LogP contribution in [0.4, 0.5) is 23.7 Å². The number of alkyl halides is 3. The van der Waals surface area contributed by atoms with Crippen LogP contribution in [-0.4, -0.2) is 28.5 Å². The molecule has 0 fully saturated rings. The largest absolute Gasteiger partial charge is 0.457 e. The number of pyridine rings is 1. The predicted molar refractivity (Wildman–Crippen MR) is 115 cm³/mol. The van der Waals surface area contributed by atoms with Crippen LogP contribution >= 0.6 is 0 Å². The molecule has 0 unspecified atom stereocenters. The molecule has 33 heavy (non-hydrogen) atoms. The molecule has 7 nitrogen and oxygen atoms in total. The van der Waals surface area contributed by atoms with Gasteiger partial charge < -0.3 is 15.4 Å². The van der Waals surface area contributed by atoms with Crippen molar-refractivity contribution >= 4 is 28.5 Å². The van der Waals surface area contributed by atoms with Gasteiger partial charge in [0.2, 0.25) is 0 Å². The van der Waals surface area contributed by atoms with Crippen LogP contribution < -0.4 is 15.4 Å². The number of hydrogen-bond donors (Lipinski definition) is 2. The summed E-state index contributed by atoms with van der Waals surface area (Å²) in [5.41, 5.74) is -0.0857. The van der Waals surface area contributed by atoms with Crippen LogP contribution in [0.1, 0.15) is 16.1 Å². The number of hydrogen-bond acceptors (Lipinski definition) is 4. The number of rotatable bonds is 4. The fourth-order valence-corrected chi connectivity index (χ4v) is 3.18. The first-order valence-electron chi connectivity index (χ1n) is 9.70. The van der Waals surface area contributed by atoms with Crippen LogP contribution in [0.3, 0.4) is 0 Å². The number of fused-ring (bicyclic) bond motifs is 1. The van der Waals surface area contributed by atoms with Crippen molar-refractivity contribution in [3.8, 4) is 11.5 Å². The highest BCUT2D eigenvalue weighted by molar-refractivity contribution is 5.98. The Balaban J connectivity index is 1.54. The van der Waals surface area contributed by atoms with Gasteiger partial charge in [0, 0.05) is 36.6 Å². The second-order valence-corrected chi connectivity index (χ2v) is 6.97. The van der Waals surface area contributed by atoms with Crippen molar-refractivity contribution in [1.29, 1.82) is 0 Å². The monoisotopic (exact) mass is 454 g/mol. The van der Waals surface area contributed by atoms with Gasteiger partial charge in [0.25, 0.3) is 5.91 Å². The van der Waals surface area contributed by atoms with Crippen LogP contribution in [0.15, 0.2) is 73.1 Å². The van der Waals surface area contributed by atoms with E-state index in [2.05, 4.69) is 15.6 Å². The maximum Gasteiger partial charge on any atom is 0.416 e. The summed E-state index contributed by atoms with van der Waals surface area (Å²) < 4.78 is 45.8. The highest BCUT2D eigenvalue weighted by Gasteiger charge is 2.30. The molecule has 4 rings (SSSR count). The van der Waals surface area contributed by atoms with Gasteiger partial charge in [0.1, 0.15) is 17.2 Å². The number of nitrogens with zero attached hydrogens (tertiary/aromatic N) is 2. The van der Waals surface area contributed by atoms with E-state index >= 15 is 0 Å². The van der Waals surface area contributed by atoms with Crippen molar-refractivity contribution in [2.45, 2.75) is 6.18 Å². The zero-order chi connectivity index (χ0) is 23.6. The summed E-state index contributed by atoms with van der Waals surface area (Å²) in [6, 6.07) is 13.6. The Morgan fingerprint density at radius 2 is 1.79 bits per heavy atom. The van der Waals surface area contributed by atoms with Crippen LogP contribution in [0.2, 0.25) is 0 Å². The highest BCUT2D eigenvalue weighted by Crippen LogP contribution is 2.31. The van der Waals surface area contributed by atoms with E-state index in [4.69, 9.17) is 4.74 Å². The normalized spacial score (nSPS) is 11.3. The van der Waals surface area contributed by atoms with Gasteiger partial charge in [-0.2, -0.15) is 13.2 Å². The smallest absolute Gasteiger partial charge is 0.416 e. The molecule has 0 aliphatic rings. The molecule has 2 aromatic heterocycles. The lowest BCUT2D eigenvalue weighted by Crippen LogP contribution is -2.19. The summed E-state index contributed by atoms with van der Waals surface area (Å²) in [6.45, 7) is 0. The van der Waals surface area contributed by atoms with Crippen LogP contribution in [0.25, 0.3) is 10.9 Å². The van der Waals surface area contributed by atoms with Crippen molar-refractivity contribution in [3.05, 3.63) is 84.3 Å². The van der Waals surface area contributed by atoms with Crippen molar-refractivity contribution in [2.24, 2.45) is 0 Å². The maximum atomic E-state index is 12.9. The summed E-state index contributed by atoms with van der Waals surface area (Å²) in [5.74, 6) is 0.525. The molecule has 0 saturated heterocycles. The Morgan fingerprint density at radius 1 is 1.00 bits per heavy atom. The first-order chi connectivity index (χ1) is 15.7. The fraction of sp³-hybridized carbons (Fsp3) is 0.0870. The average Bonchev–Trinajstić information content (AvgIpc) is 3.22. The van der Waals surface area contributed by atoms with Crippen molar-refractivity contribution in [1.82, 2.24) is 14.9 Å². The third kappa shape index (κ3) is 4.79. The molecule has 0 saturated carbocycles. The summed E-state index contributed by atoms with van der Waals surface area (Å²) in [4.78, 5) is 28.4. The van der Waals surface area contributed by atoms with Crippen molar-refractivity contribution < 1.29 is 27.5 Å². The van der Waals surface area contributed by atoms with Gasteiger partial charge in [-0.25, -0.2) is 4.79 Å². The number of anilines is 1. The standard InChI is InChI=1S/C23H17F3N4O3/c1-27-21(31)19-13-18(7-9-28-19)33-17-5-6-20-14(11-17)8-10-30(20)22(32)29-16-4-2-3-15(12-16)23(24,25)26/h2-13H,1H3,(H,27,31)(H,29,32). The molecule has 2 amide bonds. The summed E-state index contributed by atoms with van der Waals surface area (Å²) in [6.07, 6.45) is -1.55. The average molecular weight is 454 g/mol. The van der Waals surface area contributed by atoms with Gasteiger partial charge in [-0.05, 0) is 48.5 Å². The van der Waals surface area contributed by atoms with E-state index in [1.165, 1.54) is 42.2 Å². The molecule has 168 valence electrons. The van der Waals surface area contributed by atoms with E-state index in [0.717, 1.165) is 12.1 Å². The number of benzene rings is 2. The molecule has 0 bridgehead atoms. The summed E-state index contributed by atoms with van der Waals surface area (Å²) >= 11 is 0. The molecule has 10 heteroatoms. The zero-order valence-corrected chi connectivity index (χ0v) is 17.2. The van der Waals surface area contributed by atoms with Gasteiger partial charge in [0.05, 0.1) is 11.1 Å². The molecular formula is C23H17F3N4O3. The van der Waals surface area contributed by atoms with Crippen LogP contribution in [0.5, 0.6) is 11.5 Å². The molecule has 4 aromatic rings. The third-order valence-electron chi connectivity index (χ3n) is 4.75. The minimum atomic E-state index is -4.51. The Labute approximate surface area is 185 Å². The van der Waals surface area contributed by atoms with E-state index in [-0.39, 0.29) is 17.3 Å². The van der Waals surface area contributed by atoms with Crippen LogP contribution in [0, 0.1) is 0 Å². The van der Waals surface area contributed by atoms with Crippen LogP contribution in [-0.2, 0) is 6.18 Å². The van der Waals surface area contributed by atoms with E-state index < -0.39 is 17.8 Å². The molecule has 0 aliphatic carbocycles. The number of carbonyl (C=O) groups excluding carboxylic acids is 2. The summed E-state index contributed by atoms with van der Waals surface area (Å²) in [5, 5.41) is 5.63.